The number of carbonyl (C=O) groups excluding carboxylic acids is 1. The lowest BCUT2D eigenvalue weighted by Crippen LogP contribution is -2.30. The molecule has 0 atom stereocenters. The van der Waals surface area contributed by atoms with Crippen LogP contribution in [0.25, 0.3) is 0 Å². The number of aryl methyl sites for hydroxylation is 1. The molecular formula is C15H12BrN3O2. The van der Waals surface area contributed by atoms with Gasteiger partial charge in [-0.15, -0.1) is 0 Å². The zero-order chi connectivity index (χ0) is 15.4. The van der Waals surface area contributed by atoms with Gasteiger partial charge in [0.2, 0.25) is 5.91 Å². The number of halogens is 1. The van der Waals surface area contributed by atoms with Crippen LogP contribution in [0.4, 0.5) is 5.69 Å². The topological polar surface area (TPSA) is 74.9 Å². The summed E-state index contributed by atoms with van der Waals surface area (Å²) in [5, 5.41) is 11.6. The number of nitrogens with zero attached hydrogens (tertiary/aromatic N) is 2. The van der Waals surface area contributed by atoms with Crippen LogP contribution in [0.15, 0.2) is 45.7 Å². The van der Waals surface area contributed by atoms with Crippen LogP contribution in [0.1, 0.15) is 11.3 Å². The number of amides is 1. The highest BCUT2D eigenvalue weighted by Gasteiger charge is 2.10. The van der Waals surface area contributed by atoms with E-state index in [4.69, 9.17) is 5.26 Å². The van der Waals surface area contributed by atoms with Crippen LogP contribution in [-0.2, 0) is 11.3 Å². The van der Waals surface area contributed by atoms with Crippen molar-refractivity contribution in [2.75, 3.05) is 5.32 Å². The smallest absolute Gasteiger partial charge is 0.269 e. The van der Waals surface area contributed by atoms with E-state index in [9.17, 15) is 9.59 Å². The molecule has 1 N–H and O–H groups in total. The van der Waals surface area contributed by atoms with Crippen LogP contribution in [0.5, 0.6) is 0 Å². The van der Waals surface area contributed by atoms with E-state index in [2.05, 4.69) is 21.2 Å². The second-order valence-electron chi connectivity index (χ2n) is 4.45. The fraction of sp³-hybridized carbons (Fsp3) is 0.133. The van der Waals surface area contributed by atoms with Gasteiger partial charge >= 0.3 is 0 Å². The Labute approximate surface area is 130 Å². The molecule has 0 aliphatic rings. The molecule has 1 heterocycles. The molecule has 6 heteroatoms. The standard InChI is InChI=1S/C15H12BrN3O2/c1-10-2-3-11(8-17)15(21)19(10)9-14(20)18-13-6-4-12(16)5-7-13/h2-7H,9H2,1H3,(H,18,20). The summed E-state index contributed by atoms with van der Waals surface area (Å²) < 4.78 is 2.20. The quantitative estimate of drug-likeness (QED) is 0.928. The zero-order valence-corrected chi connectivity index (χ0v) is 12.8. The van der Waals surface area contributed by atoms with E-state index >= 15 is 0 Å². The highest BCUT2D eigenvalue weighted by Crippen LogP contribution is 2.14. The average Bonchev–Trinajstić information content (AvgIpc) is 2.46. The van der Waals surface area contributed by atoms with Crippen LogP contribution < -0.4 is 10.9 Å². The number of benzene rings is 1. The van der Waals surface area contributed by atoms with Crippen LogP contribution >= 0.6 is 15.9 Å². The summed E-state index contributed by atoms with van der Waals surface area (Å²) in [6.07, 6.45) is 0. The minimum atomic E-state index is -0.455. The van der Waals surface area contributed by atoms with E-state index in [1.807, 2.05) is 18.2 Å². The van der Waals surface area contributed by atoms with Gasteiger partial charge in [-0.05, 0) is 43.3 Å². The molecule has 1 aromatic heterocycles. The Hall–Kier alpha value is -2.39. The van der Waals surface area contributed by atoms with Gasteiger partial charge in [0.25, 0.3) is 5.56 Å². The third kappa shape index (κ3) is 3.58. The van der Waals surface area contributed by atoms with E-state index in [0.717, 1.165) is 4.47 Å². The van der Waals surface area contributed by atoms with Gasteiger partial charge in [-0.1, -0.05) is 15.9 Å². The number of hydrogen-bond acceptors (Lipinski definition) is 3. The third-order valence-corrected chi connectivity index (χ3v) is 3.47. The maximum Gasteiger partial charge on any atom is 0.269 e. The number of nitrogens with one attached hydrogen (secondary N) is 1. The lowest BCUT2D eigenvalue weighted by Gasteiger charge is -2.10. The van der Waals surface area contributed by atoms with Crippen molar-refractivity contribution in [2.24, 2.45) is 0 Å². The number of carbonyl (C=O) groups is 1. The average molecular weight is 346 g/mol. The molecular weight excluding hydrogens is 334 g/mol. The minimum absolute atomic E-state index is 0.0250. The van der Waals surface area contributed by atoms with Crippen molar-refractivity contribution in [2.45, 2.75) is 13.5 Å². The van der Waals surface area contributed by atoms with Crippen LogP contribution in [-0.4, -0.2) is 10.5 Å². The molecule has 0 fully saturated rings. The fourth-order valence-corrected chi connectivity index (χ4v) is 2.09. The van der Waals surface area contributed by atoms with Gasteiger partial charge in [-0.3, -0.25) is 9.59 Å². The number of hydrogen-bond donors (Lipinski definition) is 1. The van der Waals surface area contributed by atoms with Crippen molar-refractivity contribution in [1.82, 2.24) is 4.57 Å². The maximum atomic E-state index is 12.0. The molecule has 0 unspecified atom stereocenters. The van der Waals surface area contributed by atoms with Gasteiger partial charge < -0.3 is 9.88 Å². The van der Waals surface area contributed by atoms with Crippen molar-refractivity contribution < 1.29 is 4.79 Å². The molecule has 106 valence electrons. The van der Waals surface area contributed by atoms with Gasteiger partial charge in [0, 0.05) is 15.9 Å². The highest BCUT2D eigenvalue weighted by molar-refractivity contribution is 9.10. The summed E-state index contributed by atoms with van der Waals surface area (Å²) in [6.45, 7) is 1.59. The molecule has 2 rings (SSSR count). The summed E-state index contributed by atoms with van der Waals surface area (Å²) in [4.78, 5) is 24.0. The summed E-state index contributed by atoms with van der Waals surface area (Å²) >= 11 is 3.31. The van der Waals surface area contributed by atoms with Crippen molar-refractivity contribution in [3.63, 3.8) is 0 Å². The first-order valence-electron chi connectivity index (χ1n) is 6.17. The van der Waals surface area contributed by atoms with Crippen molar-refractivity contribution in [3.8, 4) is 6.07 Å². The number of anilines is 1. The zero-order valence-electron chi connectivity index (χ0n) is 11.3. The first kappa shape index (κ1) is 15.0. The fourth-order valence-electron chi connectivity index (χ4n) is 1.83. The lowest BCUT2D eigenvalue weighted by molar-refractivity contribution is -0.116. The normalized spacial score (nSPS) is 9.95. The monoisotopic (exact) mass is 345 g/mol. The van der Waals surface area contributed by atoms with Crippen LogP contribution in [0, 0.1) is 18.3 Å². The van der Waals surface area contributed by atoms with E-state index in [1.54, 1.807) is 25.1 Å². The number of aromatic nitrogens is 1. The lowest BCUT2D eigenvalue weighted by atomic mass is 10.2. The van der Waals surface area contributed by atoms with Gasteiger partial charge in [0.05, 0.1) is 0 Å². The van der Waals surface area contributed by atoms with E-state index in [0.29, 0.717) is 11.4 Å². The summed E-state index contributed by atoms with van der Waals surface area (Å²) in [7, 11) is 0. The largest absolute Gasteiger partial charge is 0.325 e. The molecule has 1 aromatic carbocycles. The molecule has 0 aliphatic heterocycles. The first-order valence-corrected chi connectivity index (χ1v) is 6.96. The molecule has 21 heavy (non-hydrogen) atoms. The number of pyridine rings is 1. The number of rotatable bonds is 3. The highest BCUT2D eigenvalue weighted by atomic mass is 79.9. The van der Waals surface area contributed by atoms with E-state index in [1.165, 1.54) is 10.6 Å². The molecule has 0 saturated heterocycles. The molecule has 0 aliphatic carbocycles. The molecule has 0 spiro atoms. The van der Waals surface area contributed by atoms with Crippen LogP contribution in [0.2, 0.25) is 0 Å². The maximum absolute atomic E-state index is 12.0. The Morgan fingerprint density at radius 3 is 2.57 bits per heavy atom. The van der Waals surface area contributed by atoms with Gasteiger partial charge in [0.1, 0.15) is 18.2 Å². The van der Waals surface area contributed by atoms with Crippen molar-refractivity contribution >= 4 is 27.5 Å². The van der Waals surface area contributed by atoms with E-state index in [-0.39, 0.29) is 18.0 Å². The molecule has 1 amide bonds. The Morgan fingerprint density at radius 1 is 1.29 bits per heavy atom. The van der Waals surface area contributed by atoms with Crippen molar-refractivity contribution in [1.29, 1.82) is 5.26 Å². The molecule has 2 aromatic rings. The Balaban J connectivity index is 2.19. The summed E-state index contributed by atoms with van der Waals surface area (Å²) in [6, 6.07) is 12.1. The van der Waals surface area contributed by atoms with Gasteiger partial charge in [-0.25, -0.2) is 0 Å². The summed E-state index contributed by atoms with van der Waals surface area (Å²) in [5.74, 6) is -0.322. The molecule has 0 bridgehead atoms. The Kier molecular flexibility index (Phi) is 4.55. The van der Waals surface area contributed by atoms with Crippen LogP contribution in [0.3, 0.4) is 0 Å². The molecule has 0 saturated carbocycles. The Bertz CT molecular complexity index is 773. The predicted octanol–water partition coefficient (Wildman–Crippen LogP) is 2.43. The number of nitriles is 1. The van der Waals surface area contributed by atoms with Gasteiger partial charge in [-0.2, -0.15) is 5.26 Å². The second-order valence-corrected chi connectivity index (χ2v) is 5.36. The Morgan fingerprint density at radius 2 is 1.95 bits per heavy atom. The summed E-state index contributed by atoms with van der Waals surface area (Å²) in [5.41, 5.74) is 0.843. The predicted molar refractivity (Wildman–Crippen MR) is 82.9 cm³/mol. The van der Waals surface area contributed by atoms with Crippen molar-refractivity contribution in [3.05, 3.63) is 62.5 Å². The third-order valence-electron chi connectivity index (χ3n) is 2.94. The van der Waals surface area contributed by atoms with Gasteiger partial charge in [0.15, 0.2) is 0 Å². The molecule has 5 nitrogen and oxygen atoms in total. The van der Waals surface area contributed by atoms with E-state index < -0.39 is 5.56 Å². The molecule has 0 radical (unpaired) electrons. The minimum Gasteiger partial charge on any atom is -0.325 e. The second kappa shape index (κ2) is 6.37. The first-order chi connectivity index (χ1) is 10.0. The SMILES string of the molecule is Cc1ccc(C#N)c(=O)n1CC(=O)Nc1ccc(Br)cc1.